The molecule has 190 valence electrons. The normalized spacial score (nSPS) is 16.6. The summed E-state index contributed by atoms with van der Waals surface area (Å²) in [5.41, 5.74) is 1.15. The smallest absolute Gasteiger partial charge is 0.339 e. The standard InChI is InChI=1S/C27H30N2O7/c1-16-9-11-28(12-10-16)24(30)17(2)36-27(33)18-13-19(23(35-4)22(14-18)34-3)15-29-25(31)20-7-5-6-8-21(20)26(29)32/h5-8,13-14,16-17H,9-12,15H2,1-4H3. The number of amides is 3. The SMILES string of the molecule is COc1cc(C(=O)OC(C)C(=O)N2CCC(C)CC2)cc(CN2C(=O)c3ccccc3C2=O)c1OC. The molecule has 36 heavy (non-hydrogen) atoms. The van der Waals surface area contributed by atoms with E-state index in [1.807, 2.05) is 0 Å². The van der Waals surface area contributed by atoms with Crippen LogP contribution in [0.15, 0.2) is 36.4 Å². The van der Waals surface area contributed by atoms with Gasteiger partial charge in [-0.25, -0.2) is 4.79 Å². The average Bonchev–Trinajstić information content (AvgIpc) is 3.13. The largest absolute Gasteiger partial charge is 0.493 e. The van der Waals surface area contributed by atoms with Gasteiger partial charge in [0.1, 0.15) is 0 Å². The highest BCUT2D eigenvalue weighted by Gasteiger charge is 2.36. The number of hydrogen-bond donors (Lipinski definition) is 0. The molecule has 0 spiro atoms. The van der Waals surface area contributed by atoms with Crippen LogP contribution in [0.2, 0.25) is 0 Å². The van der Waals surface area contributed by atoms with Crippen molar-refractivity contribution in [2.75, 3.05) is 27.3 Å². The highest BCUT2D eigenvalue weighted by Crippen LogP contribution is 2.35. The number of rotatable bonds is 7. The van der Waals surface area contributed by atoms with E-state index in [-0.39, 0.29) is 29.5 Å². The summed E-state index contributed by atoms with van der Waals surface area (Å²) in [6.07, 6.45) is 0.880. The zero-order chi connectivity index (χ0) is 26.0. The summed E-state index contributed by atoms with van der Waals surface area (Å²) in [4.78, 5) is 54.4. The predicted molar refractivity (Wildman–Crippen MR) is 130 cm³/mol. The van der Waals surface area contributed by atoms with Crippen LogP contribution in [-0.4, -0.2) is 66.9 Å². The van der Waals surface area contributed by atoms with Crippen LogP contribution in [0.4, 0.5) is 0 Å². The van der Waals surface area contributed by atoms with Crippen LogP contribution in [0.3, 0.4) is 0 Å². The fourth-order valence-electron chi connectivity index (χ4n) is 4.60. The summed E-state index contributed by atoms with van der Waals surface area (Å²) in [6, 6.07) is 9.53. The van der Waals surface area contributed by atoms with E-state index in [0.717, 1.165) is 17.7 Å². The van der Waals surface area contributed by atoms with Crippen molar-refractivity contribution in [3.8, 4) is 11.5 Å². The minimum atomic E-state index is -0.960. The number of esters is 1. The van der Waals surface area contributed by atoms with Gasteiger partial charge in [0.25, 0.3) is 17.7 Å². The molecule has 2 aromatic rings. The lowest BCUT2D eigenvalue weighted by atomic mass is 9.99. The van der Waals surface area contributed by atoms with Crippen LogP contribution in [0.25, 0.3) is 0 Å². The van der Waals surface area contributed by atoms with Crippen molar-refractivity contribution in [1.29, 1.82) is 0 Å². The van der Waals surface area contributed by atoms with Crippen molar-refractivity contribution in [3.63, 3.8) is 0 Å². The molecule has 2 aliphatic rings. The molecule has 2 heterocycles. The third kappa shape index (κ3) is 4.78. The summed E-state index contributed by atoms with van der Waals surface area (Å²) in [6.45, 7) is 4.86. The Kier molecular flexibility index (Phi) is 7.28. The molecule has 1 fully saturated rings. The molecule has 1 atom stereocenters. The Labute approximate surface area is 209 Å². The molecule has 9 nitrogen and oxygen atoms in total. The Morgan fingerprint density at radius 3 is 2.17 bits per heavy atom. The molecular formula is C27H30N2O7. The zero-order valence-corrected chi connectivity index (χ0v) is 20.9. The van der Waals surface area contributed by atoms with Gasteiger partial charge in [0.2, 0.25) is 0 Å². The number of fused-ring (bicyclic) bond motifs is 1. The van der Waals surface area contributed by atoms with Crippen LogP contribution < -0.4 is 9.47 Å². The van der Waals surface area contributed by atoms with Gasteiger partial charge in [-0.05, 0) is 49.9 Å². The molecule has 1 saturated heterocycles. The van der Waals surface area contributed by atoms with Gasteiger partial charge in [-0.1, -0.05) is 19.1 Å². The van der Waals surface area contributed by atoms with Crippen molar-refractivity contribution in [3.05, 3.63) is 58.7 Å². The highest BCUT2D eigenvalue weighted by atomic mass is 16.5. The van der Waals surface area contributed by atoms with Gasteiger partial charge in [-0.15, -0.1) is 0 Å². The van der Waals surface area contributed by atoms with Crippen molar-refractivity contribution in [2.24, 2.45) is 5.92 Å². The first-order valence-corrected chi connectivity index (χ1v) is 11.9. The van der Waals surface area contributed by atoms with Gasteiger partial charge < -0.3 is 19.1 Å². The number of likely N-dealkylation sites (tertiary alicyclic amines) is 1. The molecule has 0 radical (unpaired) electrons. The molecular weight excluding hydrogens is 464 g/mol. The number of piperidine rings is 1. The molecule has 9 heteroatoms. The minimum Gasteiger partial charge on any atom is -0.493 e. The van der Waals surface area contributed by atoms with Crippen LogP contribution >= 0.6 is 0 Å². The number of ether oxygens (including phenoxy) is 3. The van der Waals surface area contributed by atoms with E-state index in [9.17, 15) is 19.2 Å². The number of carbonyl (C=O) groups is 4. The highest BCUT2D eigenvalue weighted by molar-refractivity contribution is 6.21. The second-order valence-corrected chi connectivity index (χ2v) is 9.17. The maximum Gasteiger partial charge on any atom is 0.339 e. The molecule has 0 N–H and O–H groups in total. The molecule has 4 rings (SSSR count). The number of carbonyl (C=O) groups excluding carboxylic acids is 4. The van der Waals surface area contributed by atoms with Crippen molar-refractivity contribution >= 4 is 23.7 Å². The summed E-state index contributed by atoms with van der Waals surface area (Å²) in [5.74, 6) is -0.717. The van der Waals surface area contributed by atoms with Crippen molar-refractivity contribution < 1.29 is 33.4 Å². The van der Waals surface area contributed by atoms with E-state index in [2.05, 4.69) is 6.92 Å². The second-order valence-electron chi connectivity index (χ2n) is 9.17. The van der Waals surface area contributed by atoms with E-state index in [4.69, 9.17) is 14.2 Å². The second kappa shape index (κ2) is 10.4. The number of hydrogen-bond acceptors (Lipinski definition) is 7. The van der Waals surface area contributed by atoms with E-state index in [1.54, 1.807) is 36.1 Å². The minimum absolute atomic E-state index is 0.117. The Balaban J connectivity index is 1.56. The van der Waals surface area contributed by atoms with Gasteiger partial charge >= 0.3 is 5.97 Å². The molecule has 0 aliphatic carbocycles. The van der Waals surface area contributed by atoms with E-state index in [1.165, 1.54) is 26.4 Å². The first-order chi connectivity index (χ1) is 17.2. The van der Waals surface area contributed by atoms with Gasteiger partial charge in [-0.3, -0.25) is 19.3 Å². The summed E-state index contributed by atoms with van der Waals surface area (Å²) < 4.78 is 16.4. The maximum absolute atomic E-state index is 13.0. The van der Waals surface area contributed by atoms with Gasteiger partial charge in [0.15, 0.2) is 17.6 Å². The lowest BCUT2D eigenvalue weighted by Crippen LogP contribution is -2.44. The maximum atomic E-state index is 13.0. The summed E-state index contributed by atoms with van der Waals surface area (Å²) in [5, 5.41) is 0. The van der Waals surface area contributed by atoms with Crippen LogP contribution in [0.5, 0.6) is 11.5 Å². The molecule has 0 bridgehead atoms. The van der Waals surface area contributed by atoms with Crippen molar-refractivity contribution in [1.82, 2.24) is 9.80 Å². The number of imide groups is 1. The Morgan fingerprint density at radius 1 is 1.00 bits per heavy atom. The van der Waals surface area contributed by atoms with Gasteiger partial charge in [0, 0.05) is 18.7 Å². The molecule has 2 aliphatic heterocycles. The molecule has 0 aromatic heterocycles. The number of nitrogens with zero attached hydrogens (tertiary/aromatic N) is 2. The molecule has 0 saturated carbocycles. The molecule has 3 amide bonds. The monoisotopic (exact) mass is 494 g/mol. The summed E-state index contributed by atoms with van der Waals surface area (Å²) in [7, 11) is 2.85. The third-order valence-corrected chi connectivity index (χ3v) is 6.73. The Morgan fingerprint density at radius 2 is 1.61 bits per heavy atom. The fraction of sp³-hybridized carbons (Fsp3) is 0.407. The molecule has 2 aromatic carbocycles. The number of benzene rings is 2. The first kappa shape index (κ1) is 25.2. The van der Waals surface area contributed by atoms with Gasteiger partial charge in [-0.2, -0.15) is 0 Å². The lowest BCUT2D eigenvalue weighted by Gasteiger charge is -2.31. The Hall–Kier alpha value is -3.88. The van der Waals surface area contributed by atoms with E-state index in [0.29, 0.717) is 35.7 Å². The van der Waals surface area contributed by atoms with Crippen LogP contribution in [0, 0.1) is 5.92 Å². The quantitative estimate of drug-likeness (QED) is 0.430. The first-order valence-electron chi connectivity index (χ1n) is 11.9. The average molecular weight is 495 g/mol. The number of methoxy groups -OCH3 is 2. The predicted octanol–water partition coefficient (Wildman–Crippen LogP) is 3.30. The third-order valence-electron chi connectivity index (χ3n) is 6.73. The van der Waals surface area contributed by atoms with Crippen LogP contribution in [0.1, 0.15) is 63.3 Å². The van der Waals surface area contributed by atoms with Crippen molar-refractivity contribution in [2.45, 2.75) is 39.3 Å². The van der Waals surface area contributed by atoms with Gasteiger partial charge in [0.05, 0.1) is 37.5 Å². The topological polar surface area (TPSA) is 102 Å². The Bertz CT molecular complexity index is 1170. The molecule has 1 unspecified atom stereocenters. The van der Waals surface area contributed by atoms with Crippen LogP contribution in [-0.2, 0) is 16.1 Å². The lowest BCUT2D eigenvalue weighted by molar-refractivity contribution is -0.141. The van der Waals surface area contributed by atoms with E-state index >= 15 is 0 Å². The zero-order valence-electron chi connectivity index (χ0n) is 20.9. The summed E-state index contributed by atoms with van der Waals surface area (Å²) >= 11 is 0. The van der Waals surface area contributed by atoms with E-state index < -0.39 is 23.9 Å². The fourth-order valence-corrected chi connectivity index (χ4v) is 4.60.